The molecule has 0 spiro atoms. The van der Waals surface area contributed by atoms with Gasteiger partial charge in [0.2, 0.25) is 5.91 Å². The Morgan fingerprint density at radius 1 is 1.38 bits per heavy atom. The second kappa shape index (κ2) is 13.2. The molecule has 0 aliphatic rings. The van der Waals surface area contributed by atoms with Crippen LogP contribution in [0.1, 0.15) is 0 Å². The highest BCUT2D eigenvalue weighted by Crippen LogP contribution is 1.63. The molecule has 0 saturated carbocycles. The molecule has 4 nitrogen and oxygen atoms in total. The highest BCUT2D eigenvalue weighted by molar-refractivity contribution is 5.86. The fourth-order valence-corrected chi connectivity index (χ4v) is 0.383. The van der Waals surface area contributed by atoms with Crippen molar-refractivity contribution < 1.29 is 9.59 Å². The second-order valence-corrected chi connectivity index (χ2v) is 1.97. The first-order chi connectivity index (χ1) is 6.22. The molecular formula is C9H16N2O2. The lowest BCUT2D eigenvalue weighted by molar-refractivity contribution is -0.116. The summed E-state index contributed by atoms with van der Waals surface area (Å²) in [5.41, 5.74) is 0. The van der Waals surface area contributed by atoms with E-state index in [1.165, 1.54) is 12.2 Å². The molecule has 2 N–H and O–H groups in total. The van der Waals surface area contributed by atoms with Gasteiger partial charge < -0.3 is 10.6 Å². The van der Waals surface area contributed by atoms with Crippen LogP contribution in [-0.4, -0.2) is 32.3 Å². The number of carbonyl (C=O) groups is 2. The van der Waals surface area contributed by atoms with E-state index in [-0.39, 0.29) is 5.91 Å². The Hall–Kier alpha value is -1.42. The summed E-state index contributed by atoms with van der Waals surface area (Å²) in [6, 6.07) is 0. The Morgan fingerprint density at radius 3 is 2.23 bits per heavy atom. The zero-order valence-corrected chi connectivity index (χ0v) is 7.88. The SMILES string of the molecule is C=CC(=O)NCCNC.C=CC=O. The number of hydrogen-bond donors (Lipinski definition) is 2. The van der Waals surface area contributed by atoms with Crippen LogP contribution in [0.4, 0.5) is 0 Å². The van der Waals surface area contributed by atoms with Gasteiger partial charge in [-0.25, -0.2) is 0 Å². The number of allylic oxidation sites excluding steroid dienone is 1. The van der Waals surface area contributed by atoms with Crippen LogP contribution in [0.5, 0.6) is 0 Å². The highest BCUT2D eigenvalue weighted by Gasteiger charge is 1.88. The van der Waals surface area contributed by atoms with Crippen molar-refractivity contribution in [2.45, 2.75) is 0 Å². The Kier molecular flexibility index (Phi) is 14.3. The molecule has 0 saturated heterocycles. The molecule has 0 aromatic heterocycles. The maximum absolute atomic E-state index is 10.4. The monoisotopic (exact) mass is 184 g/mol. The average molecular weight is 184 g/mol. The van der Waals surface area contributed by atoms with E-state index in [1.54, 1.807) is 0 Å². The first-order valence-electron chi connectivity index (χ1n) is 3.84. The zero-order valence-electron chi connectivity index (χ0n) is 7.88. The van der Waals surface area contributed by atoms with Crippen molar-refractivity contribution in [3.8, 4) is 0 Å². The molecule has 13 heavy (non-hydrogen) atoms. The minimum Gasteiger partial charge on any atom is -0.351 e. The summed E-state index contributed by atoms with van der Waals surface area (Å²) in [4.78, 5) is 19.5. The number of likely N-dealkylation sites (N-methyl/N-ethyl adjacent to an activating group) is 1. The topological polar surface area (TPSA) is 58.2 Å². The van der Waals surface area contributed by atoms with Crippen molar-refractivity contribution in [3.63, 3.8) is 0 Å². The van der Waals surface area contributed by atoms with Gasteiger partial charge in [-0.2, -0.15) is 0 Å². The van der Waals surface area contributed by atoms with Crippen LogP contribution in [0, 0.1) is 0 Å². The summed E-state index contributed by atoms with van der Waals surface area (Å²) < 4.78 is 0. The van der Waals surface area contributed by atoms with Crippen LogP contribution >= 0.6 is 0 Å². The average Bonchev–Trinajstić information content (AvgIpc) is 2.18. The lowest BCUT2D eigenvalue weighted by Crippen LogP contribution is -2.28. The van der Waals surface area contributed by atoms with Gasteiger partial charge in [-0.05, 0) is 19.2 Å². The molecule has 0 bridgehead atoms. The van der Waals surface area contributed by atoms with Crippen LogP contribution in [0.15, 0.2) is 25.3 Å². The Bertz CT molecular complexity index is 161. The zero-order chi connectivity index (χ0) is 10.5. The third kappa shape index (κ3) is 18.0. The second-order valence-electron chi connectivity index (χ2n) is 1.97. The van der Waals surface area contributed by atoms with E-state index in [1.807, 2.05) is 7.05 Å². The predicted octanol–water partition coefficient (Wildman–Crippen LogP) is -0.121. The van der Waals surface area contributed by atoms with E-state index in [0.29, 0.717) is 12.8 Å². The standard InChI is InChI=1S/C6H12N2O.C3H4O/c1-3-6(9)8-5-4-7-2;1-2-3-4/h3,7H,1,4-5H2,2H3,(H,8,9);2-3H,1H2. The fraction of sp³-hybridized carbons (Fsp3) is 0.333. The molecule has 0 heterocycles. The lowest BCUT2D eigenvalue weighted by Gasteiger charge is -1.98. The summed E-state index contributed by atoms with van der Waals surface area (Å²) in [6.45, 7) is 7.86. The maximum Gasteiger partial charge on any atom is 0.243 e. The van der Waals surface area contributed by atoms with Crippen LogP contribution in [0.25, 0.3) is 0 Å². The third-order valence-electron chi connectivity index (χ3n) is 0.956. The van der Waals surface area contributed by atoms with Crippen molar-refractivity contribution in [2.75, 3.05) is 20.1 Å². The summed E-state index contributed by atoms with van der Waals surface area (Å²) in [7, 11) is 1.83. The number of aldehydes is 1. The number of hydrogen-bond acceptors (Lipinski definition) is 3. The maximum atomic E-state index is 10.4. The van der Waals surface area contributed by atoms with E-state index >= 15 is 0 Å². The van der Waals surface area contributed by atoms with E-state index in [9.17, 15) is 4.79 Å². The molecule has 0 aromatic rings. The molecule has 74 valence electrons. The van der Waals surface area contributed by atoms with Crippen LogP contribution in [0.2, 0.25) is 0 Å². The minimum atomic E-state index is -0.120. The van der Waals surface area contributed by atoms with Crippen molar-refractivity contribution >= 4 is 12.2 Å². The highest BCUT2D eigenvalue weighted by atomic mass is 16.1. The largest absolute Gasteiger partial charge is 0.351 e. The first kappa shape index (κ1) is 14.1. The van der Waals surface area contributed by atoms with E-state index in [0.717, 1.165) is 6.54 Å². The molecule has 0 aliphatic heterocycles. The van der Waals surface area contributed by atoms with Crippen molar-refractivity contribution in [2.24, 2.45) is 0 Å². The Morgan fingerprint density at radius 2 is 1.92 bits per heavy atom. The van der Waals surface area contributed by atoms with Gasteiger partial charge in [-0.15, -0.1) is 0 Å². The molecule has 0 unspecified atom stereocenters. The molecule has 0 rings (SSSR count). The first-order valence-corrected chi connectivity index (χ1v) is 3.84. The minimum absolute atomic E-state index is 0.120. The van der Waals surface area contributed by atoms with Gasteiger partial charge in [0, 0.05) is 13.1 Å². The summed E-state index contributed by atoms with van der Waals surface area (Å²) in [5, 5.41) is 5.51. The van der Waals surface area contributed by atoms with Gasteiger partial charge in [0.25, 0.3) is 0 Å². The van der Waals surface area contributed by atoms with Crippen LogP contribution < -0.4 is 10.6 Å². The van der Waals surface area contributed by atoms with Gasteiger partial charge >= 0.3 is 0 Å². The fourth-order valence-electron chi connectivity index (χ4n) is 0.383. The van der Waals surface area contributed by atoms with Crippen molar-refractivity contribution in [1.82, 2.24) is 10.6 Å². The summed E-state index contributed by atoms with van der Waals surface area (Å²) in [6.07, 6.45) is 3.09. The number of nitrogens with one attached hydrogen (secondary N) is 2. The third-order valence-corrected chi connectivity index (χ3v) is 0.956. The normalized spacial score (nSPS) is 7.46. The van der Waals surface area contributed by atoms with E-state index < -0.39 is 0 Å². The number of carbonyl (C=O) groups excluding carboxylic acids is 2. The van der Waals surface area contributed by atoms with Gasteiger partial charge in [0.1, 0.15) is 6.29 Å². The van der Waals surface area contributed by atoms with Gasteiger partial charge in [0.15, 0.2) is 0 Å². The smallest absolute Gasteiger partial charge is 0.243 e. The summed E-state index contributed by atoms with van der Waals surface area (Å²) >= 11 is 0. The quantitative estimate of drug-likeness (QED) is 0.356. The molecule has 0 aliphatic carbocycles. The van der Waals surface area contributed by atoms with Gasteiger partial charge in [0.05, 0.1) is 0 Å². The lowest BCUT2D eigenvalue weighted by atomic mass is 10.5. The molecule has 0 fully saturated rings. The summed E-state index contributed by atoms with van der Waals surface area (Å²) in [5.74, 6) is -0.120. The molecular weight excluding hydrogens is 168 g/mol. The number of amides is 1. The van der Waals surface area contributed by atoms with Crippen molar-refractivity contribution in [1.29, 1.82) is 0 Å². The van der Waals surface area contributed by atoms with Crippen molar-refractivity contribution in [3.05, 3.63) is 25.3 Å². The van der Waals surface area contributed by atoms with Gasteiger partial charge in [-0.1, -0.05) is 13.2 Å². The number of rotatable bonds is 5. The van der Waals surface area contributed by atoms with Crippen LogP contribution in [-0.2, 0) is 9.59 Å². The molecule has 0 atom stereocenters. The molecule has 0 radical (unpaired) electrons. The Labute approximate surface area is 78.7 Å². The molecule has 4 heteroatoms. The predicted molar refractivity (Wildman–Crippen MR) is 53.4 cm³/mol. The molecule has 1 amide bonds. The van der Waals surface area contributed by atoms with E-state index in [4.69, 9.17) is 4.79 Å². The Balaban J connectivity index is 0. The molecule has 0 aromatic carbocycles. The van der Waals surface area contributed by atoms with Crippen LogP contribution in [0.3, 0.4) is 0 Å². The van der Waals surface area contributed by atoms with E-state index in [2.05, 4.69) is 23.8 Å². The van der Waals surface area contributed by atoms with Gasteiger partial charge in [-0.3, -0.25) is 9.59 Å².